The molecule has 1 aromatic carbocycles. The molecule has 0 saturated heterocycles. The van der Waals surface area contributed by atoms with Crippen LogP contribution in [0.5, 0.6) is 0 Å². The van der Waals surface area contributed by atoms with E-state index >= 15 is 0 Å². The number of nitrogens with zero attached hydrogens (tertiary/aromatic N) is 3. The molecule has 1 heterocycles. The highest BCUT2D eigenvalue weighted by Gasteiger charge is 2.19. The van der Waals surface area contributed by atoms with Gasteiger partial charge in [-0.1, -0.05) is 13.8 Å². The summed E-state index contributed by atoms with van der Waals surface area (Å²) in [5.41, 5.74) is 2.18. The number of sulfonamides is 1. The van der Waals surface area contributed by atoms with Crippen molar-refractivity contribution in [3.05, 3.63) is 47.4 Å². The molecule has 8 heteroatoms. The molecular formula is C18H19FN4O2S. The largest absolute Gasteiger partial charge is 0.251 e. The van der Waals surface area contributed by atoms with E-state index in [1.807, 2.05) is 19.9 Å². The van der Waals surface area contributed by atoms with Crippen LogP contribution in [0.2, 0.25) is 0 Å². The van der Waals surface area contributed by atoms with Crippen LogP contribution in [0.25, 0.3) is 17.3 Å². The van der Waals surface area contributed by atoms with Crippen molar-refractivity contribution in [1.82, 2.24) is 9.97 Å². The second kappa shape index (κ2) is 8.06. The van der Waals surface area contributed by atoms with Gasteiger partial charge in [0.2, 0.25) is 16.0 Å². The standard InChI is InChI=1S/C18H19FN4O2S/c1-4-26(24,25)23-18-21-16(12(2)3)15(6-5-11-20)17(22-18)13-7-9-14(19)10-8-13/h5-10,12H,4H2,1-3H3,(H,21,22,23). The van der Waals surface area contributed by atoms with Crippen molar-refractivity contribution in [1.29, 1.82) is 5.26 Å². The van der Waals surface area contributed by atoms with Crippen molar-refractivity contribution in [3.63, 3.8) is 0 Å². The lowest BCUT2D eigenvalue weighted by Gasteiger charge is -2.16. The van der Waals surface area contributed by atoms with E-state index in [0.29, 0.717) is 22.5 Å². The third kappa shape index (κ3) is 4.64. The van der Waals surface area contributed by atoms with Crippen molar-refractivity contribution in [2.75, 3.05) is 10.5 Å². The Kier molecular flexibility index (Phi) is 6.05. The first-order chi connectivity index (χ1) is 12.3. The van der Waals surface area contributed by atoms with Crippen LogP contribution in [0.4, 0.5) is 10.3 Å². The van der Waals surface area contributed by atoms with Gasteiger partial charge in [0.25, 0.3) is 0 Å². The van der Waals surface area contributed by atoms with Crippen LogP contribution >= 0.6 is 0 Å². The summed E-state index contributed by atoms with van der Waals surface area (Å²) < 4.78 is 39.4. The quantitative estimate of drug-likeness (QED) is 0.778. The van der Waals surface area contributed by atoms with Gasteiger partial charge >= 0.3 is 0 Å². The van der Waals surface area contributed by atoms with Gasteiger partial charge in [-0.15, -0.1) is 0 Å². The zero-order valence-electron chi connectivity index (χ0n) is 14.7. The zero-order chi connectivity index (χ0) is 19.3. The monoisotopic (exact) mass is 374 g/mol. The highest BCUT2D eigenvalue weighted by Crippen LogP contribution is 2.30. The minimum Gasteiger partial charge on any atom is -0.251 e. The predicted molar refractivity (Wildman–Crippen MR) is 99.2 cm³/mol. The Balaban J connectivity index is 2.75. The number of nitrogens with one attached hydrogen (secondary N) is 1. The van der Waals surface area contributed by atoms with Gasteiger partial charge in [0.05, 0.1) is 23.2 Å². The van der Waals surface area contributed by atoms with Crippen molar-refractivity contribution in [2.24, 2.45) is 0 Å². The third-order valence-corrected chi connectivity index (χ3v) is 4.84. The second-order valence-corrected chi connectivity index (χ2v) is 7.84. The SMILES string of the molecule is CCS(=O)(=O)Nc1nc(-c2ccc(F)cc2)c(C=CC#N)c(C(C)C)n1. The van der Waals surface area contributed by atoms with E-state index in [4.69, 9.17) is 5.26 Å². The lowest BCUT2D eigenvalue weighted by Crippen LogP contribution is -2.18. The van der Waals surface area contributed by atoms with E-state index in [9.17, 15) is 12.8 Å². The Morgan fingerprint density at radius 1 is 1.27 bits per heavy atom. The fourth-order valence-electron chi connectivity index (χ4n) is 2.30. The van der Waals surface area contributed by atoms with Crippen LogP contribution in [0.3, 0.4) is 0 Å². The number of allylic oxidation sites excluding steroid dienone is 1. The van der Waals surface area contributed by atoms with Crippen molar-refractivity contribution < 1.29 is 12.8 Å². The maximum absolute atomic E-state index is 13.3. The Morgan fingerprint density at radius 2 is 1.92 bits per heavy atom. The van der Waals surface area contributed by atoms with E-state index in [1.54, 1.807) is 18.2 Å². The summed E-state index contributed by atoms with van der Waals surface area (Å²) in [5.74, 6) is -0.618. The summed E-state index contributed by atoms with van der Waals surface area (Å²) in [4.78, 5) is 8.64. The van der Waals surface area contributed by atoms with E-state index in [2.05, 4.69) is 14.7 Å². The first-order valence-corrected chi connectivity index (χ1v) is 9.67. The average Bonchev–Trinajstić information content (AvgIpc) is 2.60. The normalized spacial score (nSPS) is 11.7. The lowest BCUT2D eigenvalue weighted by molar-refractivity contribution is 0.602. The molecule has 0 spiro atoms. The Labute approximate surface area is 152 Å². The number of aromatic nitrogens is 2. The van der Waals surface area contributed by atoms with Gasteiger partial charge in [-0.2, -0.15) is 5.26 Å². The molecule has 0 amide bonds. The highest BCUT2D eigenvalue weighted by atomic mass is 32.2. The number of anilines is 1. The predicted octanol–water partition coefficient (Wildman–Crippen LogP) is 3.70. The van der Waals surface area contributed by atoms with Gasteiger partial charge in [-0.3, -0.25) is 4.72 Å². The van der Waals surface area contributed by atoms with Crippen molar-refractivity contribution >= 4 is 22.0 Å². The fourth-order valence-corrected chi connectivity index (χ4v) is 2.81. The molecule has 1 N–H and O–H groups in total. The van der Waals surface area contributed by atoms with Gasteiger partial charge in [-0.25, -0.2) is 22.8 Å². The molecule has 26 heavy (non-hydrogen) atoms. The maximum atomic E-state index is 13.3. The van der Waals surface area contributed by atoms with E-state index in [1.165, 1.54) is 25.1 Å². The first-order valence-electron chi connectivity index (χ1n) is 8.02. The molecule has 0 aliphatic carbocycles. The Bertz CT molecular complexity index is 962. The topological polar surface area (TPSA) is 95.7 Å². The Morgan fingerprint density at radius 3 is 2.46 bits per heavy atom. The molecule has 0 saturated carbocycles. The molecule has 0 radical (unpaired) electrons. The summed E-state index contributed by atoms with van der Waals surface area (Å²) in [7, 11) is -3.56. The number of rotatable bonds is 6. The van der Waals surface area contributed by atoms with E-state index < -0.39 is 15.8 Å². The van der Waals surface area contributed by atoms with Crippen LogP contribution in [-0.4, -0.2) is 24.1 Å². The summed E-state index contributed by atoms with van der Waals surface area (Å²) >= 11 is 0. The minimum atomic E-state index is -3.56. The fraction of sp³-hybridized carbons (Fsp3) is 0.278. The zero-order valence-corrected chi connectivity index (χ0v) is 15.5. The van der Waals surface area contributed by atoms with Gasteiger partial charge in [0.15, 0.2) is 0 Å². The van der Waals surface area contributed by atoms with Crippen LogP contribution in [0.1, 0.15) is 37.9 Å². The number of benzene rings is 1. The first kappa shape index (κ1) is 19.5. The molecule has 0 bridgehead atoms. The van der Waals surface area contributed by atoms with Gasteiger partial charge in [0, 0.05) is 17.2 Å². The summed E-state index contributed by atoms with van der Waals surface area (Å²) in [6.45, 7) is 5.31. The van der Waals surface area contributed by atoms with Crippen LogP contribution in [0, 0.1) is 17.1 Å². The summed E-state index contributed by atoms with van der Waals surface area (Å²) in [6, 6.07) is 7.60. The van der Waals surface area contributed by atoms with Crippen LogP contribution in [0.15, 0.2) is 30.3 Å². The van der Waals surface area contributed by atoms with E-state index in [-0.39, 0.29) is 17.6 Å². The molecule has 0 aliphatic heterocycles. The van der Waals surface area contributed by atoms with Crippen molar-refractivity contribution in [3.8, 4) is 17.3 Å². The van der Waals surface area contributed by atoms with Crippen LogP contribution in [-0.2, 0) is 10.0 Å². The van der Waals surface area contributed by atoms with E-state index in [0.717, 1.165) is 0 Å². The molecule has 0 fully saturated rings. The number of hydrogen-bond donors (Lipinski definition) is 1. The van der Waals surface area contributed by atoms with Crippen molar-refractivity contribution in [2.45, 2.75) is 26.7 Å². The highest BCUT2D eigenvalue weighted by molar-refractivity contribution is 7.92. The molecule has 2 rings (SSSR count). The Hall–Kier alpha value is -2.79. The molecule has 0 aliphatic rings. The third-order valence-electron chi connectivity index (χ3n) is 3.59. The van der Waals surface area contributed by atoms with Gasteiger partial charge in [-0.05, 0) is 43.2 Å². The molecule has 0 atom stereocenters. The van der Waals surface area contributed by atoms with Crippen LogP contribution < -0.4 is 4.72 Å². The summed E-state index contributed by atoms with van der Waals surface area (Å²) in [5, 5.41) is 8.88. The maximum Gasteiger partial charge on any atom is 0.237 e. The summed E-state index contributed by atoms with van der Waals surface area (Å²) in [6.07, 6.45) is 2.87. The average molecular weight is 374 g/mol. The lowest BCUT2D eigenvalue weighted by atomic mass is 9.98. The molecule has 6 nitrogen and oxygen atoms in total. The molecule has 136 valence electrons. The minimum absolute atomic E-state index is 0.0519. The second-order valence-electron chi connectivity index (χ2n) is 5.82. The molecule has 1 aromatic heterocycles. The number of nitriles is 1. The van der Waals surface area contributed by atoms with Gasteiger partial charge < -0.3 is 0 Å². The smallest absolute Gasteiger partial charge is 0.237 e. The van der Waals surface area contributed by atoms with Gasteiger partial charge in [0.1, 0.15) is 5.82 Å². The number of hydrogen-bond acceptors (Lipinski definition) is 5. The molecule has 0 unspecified atom stereocenters. The molecular weight excluding hydrogens is 355 g/mol. The number of halogens is 1. The molecule has 2 aromatic rings.